The first kappa shape index (κ1) is 14.5. The Labute approximate surface area is 145 Å². The summed E-state index contributed by atoms with van der Waals surface area (Å²) in [4.78, 5) is 12.8. The minimum Gasteiger partial charge on any atom is -0.344 e. The van der Waals surface area contributed by atoms with E-state index in [4.69, 9.17) is 10.1 Å². The molecule has 0 unspecified atom stereocenters. The molecule has 24 heavy (non-hydrogen) atoms. The van der Waals surface area contributed by atoms with Gasteiger partial charge in [-0.3, -0.25) is 0 Å². The van der Waals surface area contributed by atoms with E-state index in [1.807, 2.05) is 17.6 Å². The van der Waals surface area contributed by atoms with Crippen LogP contribution in [0.3, 0.4) is 0 Å². The molecule has 0 N–H and O–H groups in total. The van der Waals surface area contributed by atoms with Gasteiger partial charge >= 0.3 is 0 Å². The minimum atomic E-state index is 0.525. The van der Waals surface area contributed by atoms with Crippen LogP contribution in [0.4, 0.5) is 5.13 Å². The van der Waals surface area contributed by atoms with E-state index in [1.165, 1.54) is 42.9 Å². The van der Waals surface area contributed by atoms with Gasteiger partial charge in [0.2, 0.25) is 10.1 Å². The maximum Gasteiger partial charge on any atom is 0.214 e. The molecule has 7 heteroatoms. The van der Waals surface area contributed by atoms with E-state index in [9.17, 15) is 0 Å². The van der Waals surface area contributed by atoms with Gasteiger partial charge in [0, 0.05) is 18.8 Å². The summed E-state index contributed by atoms with van der Waals surface area (Å²) in [6.07, 6.45) is 8.11. The fourth-order valence-corrected chi connectivity index (χ4v) is 5.20. The van der Waals surface area contributed by atoms with Crippen LogP contribution in [0.1, 0.15) is 48.2 Å². The summed E-state index contributed by atoms with van der Waals surface area (Å²) >= 11 is 1.69. The van der Waals surface area contributed by atoms with Gasteiger partial charge in [-0.1, -0.05) is 11.3 Å². The Morgan fingerprint density at radius 1 is 1.17 bits per heavy atom. The summed E-state index contributed by atoms with van der Waals surface area (Å²) in [5.74, 6) is 1.19. The van der Waals surface area contributed by atoms with Crippen LogP contribution in [0.25, 0.3) is 4.96 Å². The van der Waals surface area contributed by atoms with Crippen molar-refractivity contribution in [1.82, 2.24) is 24.1 Å². The Balaban J connectivity index is 1.42. The van der Waals surface area contributed by atoms with E-state index in [0.717, 1.165) is 35.3 Å². The Bertz CT molecular complexity index is 872. The first-order chi connectivity index (χ1) is 11.7. The minimum absolute atomic E-state index is 0.525. The first-order valence-corrected chi connectivity index (χ1v) is 9.65. The third kappa shape index (κ3) is 2.17. The molecule has 0 saturated carbocycles. The molecular weight excluding hydrogens is 320 g/mol. The monoisotopic (exact) mass is 342 g/mol. The number of fused-ring (bicyclic) bond motifs is 2. The molecular formula is C17H22N6S. The number of hydrogen-bond donors (Lipinski definition) is 0. The second-order valence-corrected chi connectivity index (χ2v) is 7.95. The zero-order valence-electron chi connectivity index (χ0n) is 14.2. The van der Waals surface area contributed by atoms with Crippen molar-refractivity contribution in [3.8, 4) is 0 Å². The maximum absolute atomic E-state index is 4.85. The number of aryl methyl sites for hydroxylation is 3. The molecule has 3 aromatic rings. The van der Waals surface area contributed by atoms with Crippen molar-refractivity contribution in [3.05, 3.63) is 29.1 Å². The zero-order valence-corrected chi connectivity index (χ0v) is 15.0. The van der Waals surface area contributed by atoms with Gasteiger partial charge in [-0.05, 0) is 46.0 Å². The summed E-state index contributed by atoms with van der Waals surface area (Å²) in [6, 6.07) is 0.525. The van der Waals surface area contributed by atoms with Gasteiger partial charge in [0.05, 0.1) is 23.6 Å². The van der Waals surface area contributed by atoms with E-state index < -0.39 is 0 Å². The summed E-state index contributed by atoms with van der Waals surface area (Å²) in [7, 11) is 0. The molecule has 1 fully saturated rings. The van der Waals surface area contributed by atoms with Crippen LogP contribution in [0.2, 0.25) is 0 Å². The van der Waals surface area contributed by atoms with E-state index in [2.05, 4.69) is 21.4 Å². The molecule has 0 aromatic carbocycles. The van der Waals surface area contributed by atoms with Crippen LogP contribution < -0.4 is 4.90 Å². The Kier molecular flexibility index (Phi) is 3.20. The fourth-order valence-electron chi connectivity index (χ4n) is 4.24. The highest BCUT2D eigenvalue weighted by atomic mass is 32.1. The molecule has 1 saturated heterocycles. The summed E-state index contributed by atoms with van der Waals surface area (Å²) < 4.78 is 4.43. The zero-order chi connectivity index (χ0) is 16.3. The molecule has 3 aromatic heterocycles. The highest BCUT2D eigenvalue weighted by Crippen LogP contribution is 2.33. The average Bonchev–Trinajstić information content (AvgIpc) is 3.27. The predicted molar refractivity (Wildman–Crippen MR) is 95.1 cm³/mol. The van der Waals surface area contributed by atoms with E-state index >= 15 is 0 Å². The SMILES string of the molecule is Cc1cn2nc(N3CC[C@@H](n4c(C)nc5c4CCCC5)C3)sc2n1. The second kappa shape index (κ2) is 5.31. The van der Waals surface area contributed by atoms with Crippen LogP contribution in [-0.4, -0.2) is 37.2 Å². The van der Waals surface area contributed by atoms with Crippen molar-refractivity contribution in [2.75, 3.05) is 18.0 Å². The summed E-state index contributed by atoms with van der Waals surface area (Å²) in [5, 5.41) is 5.80. The van der Waals surface area contributed by atoms with E-state index in [0.29, 0.717) is 6.04 Å². The average molecular weight is 342 g/mol. The largest absolute Gasteiger partial charge is 0.344 e. The number of nitrogens with zero attached hydrogens (tertiary/aromatic N) is 6. The van der Waals surface area contributed by atoms with E-state index in [-0.39, 0.29) is 0 Å². The highest BCUT2D eigenvalue weighted by Gasteiger charge is 2.30. The van der Waals surface area contributed by atoms with Crippen LogP contribution >= 0.6 is 11.3 Å². The molecule has 0 spiro atoms. The molecule has 5 rings (SSSR count). The molecule has 1 aliphatic heterocycles. The van der Waals surface area contributed by atoms with Crippen LogP contribution in [-0.2, 0) is 12.8 Å². The van der Waals surface area contributed by atoms with Gasteiger partial charge in [-0.25, -0.2) is 14.5 Å². The van der Waals surface area contributed by atoms with Crippen LogP contribution in [0, 0.1) is 13.8 Å². The second-order valence-electron chi connectivity index (χ2n) is 7.01. The molecule has 126 valence electrons. The number of anilines is 1. The molecule has 2 aliphatic rings. The lowest BCUT2D eigenvalue weighted by Crippen LogP contribution is -2.22. The van der Waals surface area contributed by atoms with Gasteiger partial charge in [-0.2, -0.15) is 0 Å². The topological polar surface area (TPSA) is 51.2 Å². The molecule has 1 aliphatic carbocycles. The third-order valence-corrected chi connectivity index (χ3v) is 6.28. The Hall–Kier alpha value is -1.89. The highest BCUT2D eigenvalue weighted by molar-refractivity contribution is 7.20. The molecule has 0 radical (unpaired) electrons. The third-order valence-electron chi connectivity index (χ3n) is 5.30. The molecule has 0 amide bonds. The van der Waals surface area contributed by atoms with Gasteiger partial charge in [-0.15, -0.1) is 5.10 Å². The molecule has 4 heterocycles. The first-order valence-electron chi connectivity index (χ1n) is 8.83. The summed E-state index contributed by atoms with van der Waals surface area (Å²) in [5.41, 5.74) is 3.87. The standard InChI is InChI=1S/C17H22N6S/c1-11-9-22-16(18-11)24-17(20-22)21-8-7-13(10-21)23-12(2)19-14-5-3-4-6-15(14)23/h9,13H,3-8,10H2,1-2H3/t13-/m1/s1. The number of aromatic nitrogens is 5. The van der Waals surface area contributed by atoms with Crippen molar-refractivity contribution in [1.29, 1.82) is 0 Å². The van der Waals surface area contributed by atoms with Gasteiger partial charge in [0.15, 0.2) is 0 Å². The van der Waals surface area contributed by atoms with Crippen LogP contribution in [0.15, 0.2) is 6.20 Å². The Morgan fingerprint density at radius 2 is 2.04 bits per heavy atom. The van der Waals surface area contributed by atoms with E-state index in [1.54, 1.807) is 11.3 Å². The predicted octanol–water partition coefficient (Wildman–Crippen LogP) is 2.93. The summed E-state index contributed by atoms with van der Waals surface area (Å²) in [6.45, 7) is 6.27. The number of rotatable bonds is 2. The lowest BCUT2D eigenvalue weighted by atomic mass is 10.0. The Morgan fingerprint density at radius 3 is 2.92 bits per heavy atom. The smallest absolute Gasteiger partial charge is 0.214 e. The fraction of sp³-hybridized carbons (Fsp3) is 0.588. The quantitative estimate of drug-likeness (QED) is 0.718. The van der Waals surface area contributed by atoms with Gasteiger partial charge in [0.25, 0.3) is 0 Å². The molecule has 1 atom stereocenters. The lowest BCUT2D eigenvalue weighted by molar-refractivity contribution is 0.505. The lowest BCUT2D eigenvalue weighted by Gasteiger charge is -2.21. The van der Waals surface area contributed by atoms with Gasteiger partial charge < -0.3 is 9.47 Å². The molecule has 0 bridgehead atoms. The normalized spacial score (nSPS) is 20.9. The number of hydrogen-bond acceptors (Lipinski definition) is 5. The maximum atomic E-state index is 4.85. The van der Waals surface area contributed by atoms with Crippen molar-refractivity contribution < 1.29 is 0 Å². The van der Waals surface area contributed by atoms with Crippen molar-refractivity contribution in [2.45, 2.75) is 52.0 Å². The number of imidazole rings is 2. The van der Waals surface area contributed by atoms with Crippen molar-refractivity contribution in [2.24, 2.45) is 0 Å². The van der Waals surface area contributed by atoms with Gasteiger partial charge in [0.1, 0.15) is 5.82 Å². The van der Waals surface area contributed by atoms with Crippen molar-refractivity contribution >= 4 is 21.4 Å². The van der Waals surface area contributed by atoms with Crippen molar-refractivity contribution in [3.63, 3.8) is 0 Å². The molecule has 6 nitrogen and oxygen atoms in total. The van der Waals surface area contributed by atoms with Crippen LogP contribution in [0.5, 0.6) is 0 Å².